The number of aromatic nitrogens is 2. The molecule has 0 unspecified atom stereocenters. The lowest BCUT2D eigenvalue weighted by molar-refractivity contribution is 0.463. The number of halogens is 1. The molecule has 0 spiro atoms. The summed E-state index contributed by atoms with van der Waals surface area (Å²) in [5.74, 6) is 0.612. The first-order chi connectivity index (χ1) is 10.3. The maximum Gasteiger partial charge on any atom is 0.318 e. The van der Waals surface area contributed by atoms with Crippen molar-refractivity contribution in [3.8, 4) is 0 Å². The Morgan fingerprint density at radius 3 is 2.57 bits per heavy atom. The van der Waals surface area contributed by atoms with Crippen LogP contribution in [0.4, 0.5) is 11.7 Å². The van der Waals surface area contributed by atoms with Gasteiger partial charge in [0.15, 0.2) is 0 Å². The molecule has 1 aromatic heterocycles. The van der Waals surface area contributed by atoms with Gasteiger partial charge in [-0.25, -0.2) is 0 Å². The highest BCUT2D eigenvalue weighted by Gasteiger charge is 2.22. The van der Waals surface area contributed by atoms with E-state index in [2.05, 4.69) is 31.4 Å². The van der Waals surface area contributed by atoms with Crippen LogP contribution < -0.4 is 15.1 Å². The highest BCUT2D eigenvalue weighted by Crippen LogP contribution is 2.26. The molecule has 2 aromatic rings. The van der Waals surface area contributed by atoms with Gasteiger partial charge in [-0.3, -0.25) is 0 Å². The van der Waals surface area contributed by atoms with Gasteiger partial charge in [0.05, 0.1) is 17.3 Å². The van der Waals surface area contributed by atoms with Crippen molar-refractivity contribution in [2.45, 2.75) is 6.54 Å². The standard InChI is InChI=1S/C14H18ClN5O/c1-16-10-13-17-18-14(21-13)20-8-6-19(7-9-20)12-5-3-2-4-11(12)15/h2-5,16H,6-10H2,1H3. The Labute approximate surface area is 128 Å². The number of nitrogens with zero attached hydrogens (tertiary/aromatic N) is 4. The molecule has 1 aliphatic heterocycles. The number of rotatable bonds is 4. The van der Waals surface area contributed by atoms with E-state index in [-0.39, 0.29) is 0 Å². The van der Waals surface area contributed by atoms with Crippen LogP contribution in [0.2, 0.25) is 5.02 Å². The Bertz CT molecular complexity index is 595. The molecule has 1 aromatic carbocycles. The zero-order valence-electron chi connectivity index (χ0n) is 11.9. The number of hydrogen-bond donors (Lipinski definition) is 1. The van der Waals surface area contributed by atoms with Crippen LogP contribution in [0, 0.1) is 0 Å². The molecule has 7 heteroatoms. The largest absolute Gasteiger partial charge is 0.407 e. The first kappa shape index (κ1) is 14.2. The third-order valence-electron chi connectivity index (χ3n) is 3.53. The predicted octanol–water partition coefficient (Wildman–Crippen LogP) is 1.77. The van der Waals surface area contributed by atoms with Crippen LogP contribution in [0.15, 0.2) is 28.7 Å². The van der Waals surface area contributed by atoms with Crippen molar-refractivity contribution in [1.82, 2.24) is 15.5 Å². The number of nitrogens with one attached hydrogen (secondary N) is 1. The molecule has 0 amide bonds. The summed E-state index contributed by atoms with van der Waals surface area (Å²) in [6, 6.07) is 8.53. The fourth-order valence-corrected chi connectivity index (χ4v) is 2.70. The van der Waals surface area contributed by atoms with Crippen molar-refractivity contribution in [1.29, 1.82) is 0 Å². The van der Waals surface area contributed by atoms with Gasteiger partial charge in [0.1, 0.15) is 0 Å². The molecule has 21 heavy (non-hydrogen) atoms. The lowest BCUT2D eigenvalue weighted by Gasteiger charge is -2.35. The summed E-state index contributed by atoms with van der Waals surface area (Å²) in [7, 11) is 1.85. The minimum absolute atomic E-state index is 0.590. The van der Waals surface area contributed by atoms with Crippen molar-refractivity contribution in [2.75, 3.05) is 43.0 Å². The summed E-state index contributed by atoms with van der Waals surface area (Å²) in [6.45, 7) is 4.03. The summed E-state index contributed by atoms with van der Waals surface area (Å²) in [4.78, 5) is 4.39. The second kappa shape index (κ2) is 6.32. The van der Waals surface area contributed by atoms with Crippen LogP contribution in [0.3, 0.4) is 0 Å². The van der Waals surface area contributed by atoms with E-state index in [9.17, 15) is 0 Å². The minimum Gasteiger partial charge on any atom is -0.407 e. The second-order valence-corrected chi connectivity index (χ2v) is 5.34. The van der Waals surface area contributed by atoms with Gasteiger partial charge in [-0.05, 0) is 19.2 Å². The van der Waals surface area contributed by atoms with Crippen molar-refractivity contribution in [2.24, 2.45) is 0 Å². The lowest BCUT2D eigenvalue weighted by Crippen LogP contribution is -2.46. The first-order valence-electron chi connectivity index (χ1n) is 6.99. The zero-order chi connectivity index (χ0) is 14.7. The molecule has 1 saturated heterocycles. The molecule has 112 valence electrons. The van der Waals surface area contributed by atoms with Gasteiger partial charge in [-0.1, -0.05) is 28.8 Å². The number of hydrogen-bond acceptors (Lipinski definition) is 6. The molecular formula is C14H18ClN5O. The van der Waals surface area contributed by atoms with Crippen molar-refractivity contribution in [3.63, 3.8) is 0 Å². The molecule has 1 aliphatic rings. The normalized spacial score (nSPS) is 15.5. The van der Waals surface area contributed by atoms with Crippen LogP contribution in [-0.4, -0.2) is 43.4 Å². The summed E-state index contributed by atoms with van der Waals surface area (Å²) >= 11 is 6.25. The molecule has 3 rings (SSSR count). The van der Waals surface area contributed by atoms with E-state index in [0.717, 1.165) is 36.9 Å². The van der Waals surface area contributed by atoms with Crippen molar-refractivity contribution in [3.05, 3.63) is 35.2 Å². The Kier molecular flexibility index (Phi) is 4.26. The highest BCUT2D eigenvalue weighted by molar-refractivity contribution is 6.33. The maximum atomic E-state index is 6.25. The molecule has 0 bridgehead atoms. The van der Waals surface area contributed by atoms with Crippen LogP contribution in [-0.2, 0) is 6.54 Å². The average molecular weight is 308 g/mol. The van der Waals surface area contributed by atoms with E-state index in [4.69, 9.17) is 16.0 Å². The molecule has 0 radical (unpaired) electrons. The van der Waals surface area contributed by atoms with E-state index < -0.39 is 0 Å². The van der Waals surface area contributed by atoms with Crippen molar-refractivity contribution >= 4 is 23.3 Å². The van der Waals surface area contributed by atoms with Gasteiger partial charge in [-0.2, -0.15) is 0 Å². The van der Waals surface area contributed by atoms with Gasteiger partial charge >= 0.3 is 6.01 Å². The summed E-state index contributed by atoms with van der Waals surface area (Å²) < 4.78 is 5.62. The number of benzene rings is 1. The fourth-order valence-electron chi connectivity index (χ4n) is 2.44. The smallest absolute Gasteiger partial charge is 0.318 e. The summed E-state index contributed by atoms with van der Waals surface area (Å²) in [5.41, 5.74) is 1.08. The number of anilines is 2. The summed E-state index contributed by atoms with van der Waals surface area (Å²) in [6.07, 6.45) is 0. The molecule has 1 N–H and O–H groups in total. The van der Waals surface area contributed by atoms with Gasteiger partial charge < -0.3 is 19.5 Å². The van der Waals surface area contributed by atoms with Gasteiger partial charge in [0, 0.05) is 26.2 Å². The lowest BCUT2D eigenvalue weighted by atomic mass is 10.2. The van der Waals surface area contributed by atoms with Crippen LogP contribution >= 0.6 is 11.6 Å². The molecule has 0 aliphatic carbocycles. The topological polar surface area (TPSA) is 57.4 Å². The Balaban J connectivity index is 1.63. The van der Waals surface area contributed by atoms with E-state index in [1.807, 2.05) is 25.2 Å². The Hall–Kier alpha value is -1.79. The molecular weight excluding hydrogens is 290 g/mol. The minimum atomic E-state index is 0.590. The average Bonchev–Trinajstić information content (AvgIpc) is 2.97. The van der Waals surface area contributed by atoms with Gasteiger partial charge in [0.2, 0.25) is 5.89 Å². The predicted molar refractivity (Wildman–Crippen MR) is 82.9 cm³/mol. The SMILES string of the molecule is CNCc1nnc(N2CCN(c3ccccc3Cl)CC2)o1. The molecule has 2 heterocycles. The second-order valence-electron chi connectivity index (χ2n) is 4.93. The molecule has 6 nitrogen and oxygen atoms in total. The Morgan fingerprint density at radius 2 is 1.86 bits per heavy atom. The molecule has 0 atom stereocenters. The third-order valence-corrected chi connectivity index (χ3v) is 3.85. The maximum absolute atomic E-state index is 6.25. The molecule has 0 saturated carbocycles. The number of piperazine rings is 1. The number of para-hydroxylation sites is 1. The fraction of sp³-hybridized carbons (Fsp3) is 0.429. The van der Waals surface area contributed by atoms with Crippen LogP contribution in [0.5, 0.6) is 0 Å². The summed E-state index contributed by atoms with van der Waals surface area (Å²) in [5, 5.41) is 11.9. The highest BCUT2D eigenvalue weighted by atomic mass is 35.5. The third kappa shape index (κ3) is 3.11. The Morgan fingerprint density at radius 1 is 1.14 bits per heavy atom. The quantitative estimate of drug-likeness (QED) is 0.929. The van der Waals surface area contributed by atoms with Crippen molar-refractivity contribution < 1.29 is 4.42 Å². The molecule has 1 fully saturated rings. The van der Waals surface area contributed by atoms with Gasteiger partial charge in [0.25, 0.3) is 0 Å². The van der Waals surface area contributed by atoms with E-state index in [1.165, 1.54) is 0 Å². The van der Waals surface area contributed by atoms with Gasteiger partial charge in [-0.15, -0.1) is 5.10 Å². The van der Waals surface area contributed by atoms with Crippen LogP contribution in [0.25, 0.3) is 0 Å². The van der Waals surface area contributed by atoms with Crippen LogP contribution in [0.1, 0.15) is 5.89 Å². The van der Waals surface area contributed by atoms with E-state index in [1.54, 1.807) is 0 Å². The zero-order valence-corrected chi connectivity index (χ0v) is 12.7. The van der Waals surface area contributed by atoms with E-state index >= 15 is 0 Å². The monoisotopic (exact) mass is 307 g/mol. The first-order valence-corrected chi connectivity index (χ1v) is 7.37. The van der Waals surface area contributed by atoms with E-state index in [0.29, 0.717) is 18.5 Å².